The summed E-state index contributed by atoms with van der Waals surface area (Å²) in [6, 6.07) is 7.46. The van der Waals surface area contributed by atoms with Crippen LogP contribution in [0.2, 0.25) is 5.02 Å². The Labute approximate surface area is 204 Å². The Morgan fingerprint density at radius 1 is 1.29 bits per heavy atom. The van der Waals surface area contributed by atoms with Gasteiger partial charge in [0.25, 0.3) is 4.98 Å². The van der Waals surface area contributed by atoms with Crippen molar-refractivity contribution in [2.75, 3.05) is 13.7 Å². The minimum atomic E-state index is -0.348. The Morgan fingerprint density at radius 3 is 2.68 bits per heavy atom. The first-order valence-electron chi connectivity index (χ1n) is 11.2. The van der Waals surface area contributed by atoms with Crippen LogP contribution < -0.4 is 10.3 Å². The van der Waals surface area contributed by atoms with Crippen LogP contribution in [0, 0.1) is 11.8 Å². The van der Waals surface area contributed by atoms with E-state index >= 15 is 0 Å². The third-order valence-electron chi connectivity index (χ3n) is 5.68. The lowest BCUT2D eigenvalue weighted by Gasteiger charge is -2.22. The summed E-state index contributed by atoms with van der Waals surface area (Å²) in [7, 11) is 1.67. The van der Waals surface area contributed by atoms with Crippen LogP contribution in [-0.4, -0.2) is 40.1 Å². The van der Waals surface area contributed by atoms with Gasteiger partial charge in [0.05, 0.1) is 36.4 Å². The molecule has 1 atom stereocenters. The molecule has 184 valence electrons. The highest BCUT2D eigenvalue weighted by Gasteiger charge is 2.31. The SMILES string of the molecule is Cc1ncc2c(c1OC(=O)CCCCON[N+](=O)N(C)C(C)(C)C)CO[C@H]2c1ccc(Cl)cc1. The van der Waals surface area contributed by atoms with Gasteiger partial charge in [-0.05, 0) is 58.2 Å². The molecule has 0 fully saturated rings. The van der Waals surface area contributed by atoms with Gasteiger partial charge in [-0.1, -0.05) is 23.7 Å². The molecular weight excluding hydrogens is 460 g/mol. The van der Waals surface area contributed by atoms with Gasteiger partial charge in [0.1, 0.15) is 6.10 Å². The van der Waals surface area contributed by atoms with Gasteiger partial charge < -0.3 is 9.47 Å². The van der Waals surface area contributed by atoms with Crippen LogP contribution in [0.3, 0.4) is 0 Å². The first kappa shape index (κ1) is 25.9. The molecule has 0 radical (unpaired) electrons. The number of esters is 1. The van der Waals surface area contributed by atoms with Crippen molar-refractivity contribution in [2.45, 2.75) is 65.2 Å². The number of fused-ring (bicyclic) bond motifs is 1. The van der Waals surface area contributed by atoms with Gasteiger partial charge in [-0.3, -0.25) is 9.78 Å². The number of aryl methyl sites for hydroxylation is 1. The Kier molecular flexibility index (Phi) is 8.46. The van der Waals surface area contributed by atoms with E-state index in [-0.39, 0.29) is 30.6 Å². The summed E-state index contributed by atoms with van der Waals surface area (Å²) >= 11 is 5.99. The fourth-order valence-electron chi connectivity index (χ4n) is 3.38. The van der Waals surface area contributed by atoms with Gasteiger partial charge in [0, 0.05) is 34.4 Å². The summed E-state index contributed by atoms with van der Waals surface area (Å²) in [6.07, 6.45) is 2.85. The van der Waals surface area contributed by atoms with E-state index in [2.05, 4.69) is 10.6 Å². The number of hydrogen-bond acceptors (Lipinski definition) is 6. The topological polar surface area (TPSA) is 93.0 Å². The highest BCUT2D eigenvalue weighted by atomic mass is 35.5. The zero-order chi connectivity index (χ0) is 24.9. The summed E-state index contributed by atoms with van der Waals surface area (Å²) in [5.74, 6) is 0.114. The number of unbranched alkanes of at least 4 members (excludes halogenated alkanes) is 1. The minimum Gasteiger partial charge on any atom is -0.424 e. The summed E-state index contributed by atoms with van der Waals surface area (Å²) < 4.78 is 11.7. The molecule has 1 N–H and O–H groups in total. The Balaban J connectivity index is 1.48. The van der Waals surface area contributed by atoms with E-state index in [0.29, 0.717) is 40.9 Å². The minimum absolute atomic E-state index is 0.219. The lowest BCUT2D eigenvalue weighted by molar-refractivity contribution is -0.795. The van der Waals surface area contributed by atoms with Crippen molar-refractivity contribution in [3.05, 3.63) is 62.8 Å². The average Bonchev–Trinajstić information content (AvgIpc) is 3.21. The fraction of sp³-hybridized carbons (Fsp3) is 0.500. The molecule has 1 aliphatic rings. The van der Waals surface area contributed by atoms with Crippen molar-refractivity contribution in [3.63, 3.8) is 0 Å². The molecule has 0 saturated heterocycles. The molecule has 1 aromatic carbocycles. The lowest BCUT2D eigenvalue weighted by Crippen LogP contribution is -2.49. The van der Waals surface area contributed by atoms with Crippen LogP contribution in [0.4, 0.5) is 0 Å². The smallest absolute Gasteiger partial charge is 0.311 e. The van der Waals surface area contributed by atoms with Crippen molar-refractivity contribution < 1.29 is 24.1 Å². The number of halogens is 1. The number of hydrazine groups is 2. The molecule has 3 rings (SSSR count). The summed E-state index contributed by atoms with van der Waals surface area (Å²) in [4.78, 5) is 34.5. The van der Waals surface area contributed by atoms with Crippen molar-refractivity contribution in [1.82, 2.24) is 15.6 Å². The molecule has 0 saturated carbocycles. The van der Waals surface area contributed by atoms with E-state index < -0.39 is 0 Å². The molecule has 10 heteroatoms. The maximum absolute atomic E-state index is 12.5. The molecule has 0 aliphatic carbocycles. The van der Waals surface area contributed by atoms with Crippen molar-refractivity contribution >= 4 is 17.6 Å². The average molecular weight is 492 g/mol. The third kappa shape index (κ3) is 6.43. The zero-order valence-corrected chi connectivity index (χ0v) is 21.0. The van der Waals surface area contributed by atoms with E-state index in [4.69, 9.17) is 25.9 Å². The Morgan fingerprint density at radius 2 is 2.00 bits per heavy atom. The van der Waals surface area contributed by atoms with Crippen LogP contribution in [-0.2, 0) is 21.0 Å². The molecule has 1 aromatic heterocycles. The number of rotatable bonds is 10. The Hall–Kier alpha value is -2.75. The standard InChI is InChI=1S/C24H32ClN4O5/c1-16-22(20-15-32-23(19(20)14-26-16)17-9-11-18(25)12-10-17)34-21(30)8-6-7-13-33-27-29(31)28(5)24(2,3)4/h9-12,14,23H,6-8,13,15H2,1-5H3,(H,27,31)/q+1/t23-/m0/s1. The van der Waals surface area contributed by atoms with Crippen molar-refractivity contribution in [1.29, 1.82) is 0 Å². The van der Waals surface area contributed by atoms with Gasteiger partial charge in [0.15, 0.2) is 5.75 Å². The number of aromatic nitrogens is 1. The first-order valence-corrected chi connectivity index (χ1v) is 11.6. The summed E-state index contributed by atoms with van der Waals surface area (Å²) in [6.45, 7) is 8.16. The zero-order valence-electron chi connectivity index (χ0n) is 20.3. The van der Waals surface area contributed by atoms with Gasteiger partial charge in [-0.15, -0.1) is 5.01 Å². The van der Waals surface area contributed by atoms with E-state index in [1.54, 1.807) is 20.2 Å². The quantitative estimate of drug-likeness (QED) is 0.223. The van der Waals surface area contributed by atoms with Gasteiger partial charge in [-0.25, -0.2) is 4.84 Å². The largest absolute Gasteiger partial charge is 0.424 e. The van der Waals surface area contributed by atoms with Crippen molar-refractivity contribution in [3.8, 4) is 5.75 Å². The molecule has 0 unspecified atom stereocenters. The summed E-state index contributed by atoms with van der Waals surface area (Å²) in [5.41, 5.74) is 5.32. The molecule has 2 heterocycles. The molecule has 0 amide bonds. The molecule has 9 nitrogen and oxygen atoms in total. The number of hydrogen-bond donors (Lipinski definition) is 1. The lowest BCUT2D eigenvalue weighted by atomic mass is 10.0. The second kappa shape index (κ2) is 11.1. The number of nitrogens with one attached hydrogen (secondary N) is 1. The normalized spacial score (nSPS) is 15.1. The van der Waals surface area contributed by atoms with Gasteiger partial charge in [-0.2, -0.15) is 0 Å². The van der Waals surface area contributed by atoms with Crippen molar-refractivity contribution in [2.24, 2.45) is 0 Å². The highest BCUT2D eigenvalue weighted by molar-refractivity contribution is 6.30. The van der Waals surface area contributed by atoms with Crippen LogP contribution in [0.15, 0.2) is 30.5 Å². The van der Waals surface area contributed by atoms with Crippen LogP contribution in [0.5, 0.6) is 5.75 Å². The van der Waals surface area contributed by atoms with Crippen LogP contribution >= 0.6 is 11.6 Å². The molecule has 2 aromatic rings. The number of carbonyl (C=O) groups is 1. The second-order valence-electron chi connectivity index (χ2n) is 9.19. The molecule has 0 bridgehead atoms. The maximum atomic E-state index is 12.5. The Bertz CT molecular complexity index is 1020. The fourth-order valence-corrected chi connectivity index (χ4v) is 3.50. The first-order chi connectivity index (χ1) is 16.1. The van der Waals surface area contributed by atoms with E-state index in [1.165, 1.54) is 5.01 Å². The third-order valence-corrected chi connectivity index (χ3v) is 5.93. The number of ether oxygens (including phenoxy) is 2. The molecule has 1 aliphatic heterocycles. The van der Waals surface area contributed by atoms with Gasteiger partial charge >= 0.3 is 5.97 Å². The number of benzene rings is 1. The highest BCUT2D eigenvalue weighted by Crippen LogP contribution is 2.41. The second-order valence-corrected chi connectivity index (χ2v) is 9.62. The molecule has 34 heavy (non-hydrogen) atoms. The predicted octanol–water partition coefficient (Wildman–Crippen LogP) is 4.60. The number of nitrogens with zero attached hydrogens (tertiary/aromatic N) is 3. The number of pyridine rings is 1. The molecule has 0 spiro atoms. The van der Waals surface area contributed by atoms with E-state index in [9.17, 15) is 9.70 Å². The van der Waals surface area contributed by atoms with Gasteiger partial charge in [0.2, 0.25) is 0 Å². The molecular formula is C24H32ClN4O5+. The van der Waals surface area contributed by atoms with Crippen LogP contribution in [0.1, 0.15) is 68.5 Å². The number of carbonyl (C=O) groups excluding carboxylic acids is 1. The monoisotopic (exact) mass is 491 g/mol. The predicted molar refractivity (Wildman–Crippen MR) is 127 cm³/mol. The van der Waals surface area contributed by atoms with Crippen LogP contribution in [0.25, 0.3) is 0 Å². The van der Waals surface area contributed by atoms with E-state index in [0.717, 1.165) is 16.7 Å². The maximum Gasteiger partial charge on any atom is 0.311 e. The summed E-state index contributed by atoms with van der Waals surface area (Å²) in [5, 5.41) is 2.13. The number of nitroso groups, excluding NO2 is 1. The van der Waals surface area contributed by atoms with E-state index in [1.807, 2.05) is 45.0 Å².